The van der Waals surface area contributed by atoms with Gasteiger partial charge in [-0.25, -0.2) is 9.59 Å². The van der Waals surface area contributed by atoms with Crippen LogP contribution in [-0.2, 0) is 19.1 Å². The SMILES string of the molecule is C[C@@H](COC(=O)/C=C/C(=O)O)CN1CCOCC1. The van der Waals surface area contributed by atoms with Crippen LogP contribution in [0.5, 0.6) is 0 Å². The molecule has 0 aromatic carbocycles. The van der Waals surface area contributed by atoms with Gasteiger partial charge in [0.25, 0.3) is 0 Å². The monoisotopic (exact) mass is 257 g/mol. The molecule has 102 valence electrons. The second kappa shape index (κ2) is 7.84. The van der Waals surface area contributed by atoms with E-state index in [0.29, 0.717) is 6.61 Å². The van der Waals surface area contributed by atoms with Crippen molar-refractivity contribution >= 4 is 11.9 Å². The summed E-state index contributed by atoms with van der Waals surface area (Å²) < 4.78 is 10.2. The van der Waals surface area contributed by atoms with Crippen molar-refractivity contribution in [3.8, 4) is 0 Å². The highest BCUT2D eigenvalue weighted by Gasteiger charge is 2.14. The van der Waals surface area contributed by atoms with Gasteiger partial charge in [-0.2, -0.15) is 0 Å². The van der Waals surface area contributed by atoms with E-state index in [0.717, 1.165) is 45.0 Å². The summed E-state index contributed by atoms with van der Waals surface area (Å²) in [7, 11) is 0. The van der Waals surface area contributed by atoms with E-state index in [1.807, 2.05) is 6.92 Å². The van der Waals surface area contributed by atoms with Crippen molar-refractivity contribution in [3.05, 3.63) is 12.2 Å². The van der Waals surface area contributed by atoms with E-state index in [2.05, 4.69) is 4.90 Å². The minimum absolute atomic E-state index is 0.213. The van der Waals surface area contributed by atoms with E-state index < -0.39 is 11.9 Å². The molecule has 1 aliphatic heterocycles. The minimum atomic E-state index is -1.16. The number of carboxylic acid groups (broad SMARTS) is 1. The first-order valence-electron chi connectivity index (χ1n) is 5.96. The molecule has 0 saturated carbocycles. The average molecular weight is 257 g/mol. The third-order valence-electron chi connectivity index (χ3n) is 2.55. The van der Waals surface area contributed by atoms with Gasteiger partial charge in [-0.1, -0.05) is 6.92 Å². The van der Waals surface area contributed by atoms with Gasteiger partial charge in [0.1, 0.15) is 0 Å². The number of carboxylic acids is 1. The molecule has 18 heavy (non-hydrogen) atoms. The van der Waals surface area contributed by atoms with E-state index in [-0.39, 0.29) is 5.92 Å². The first-order chi connectivity index (χ1) is 8.58. The van der Waals surface area contributed by atoms with E-state index in [1.54, 1.807) is 0 Å². The van der Waals surface area contributed by atoms with Crippen molar-refractivity contribution in [2.75, 3.05) is 39.5 Å². The summed E-state index contributed by atoms with van der Waals surface area (Å²) in [5.41, 5.74) is 0. The molecule has 0 aromatic heterocycles. The summed E-state index contributed by atoms with van der Waals surface area (Å²) >= 11 is 0. The van der Waals surface area contributed by atoms with Gasteiger partial charge in [0.15, 0.2) is 0 Å². The molecule has 1 atom stereocenters. The van der Waals surface area contributed by atoms with Crippen LogP contribution in [0, 0.1) is 5.92 Å². The van der Waals surface area contributed by atoms with Gasteiger partial charge in [-0.15, -0.1) is 0 Å². The summed E-state index contributed by atoms with van der Waals surface area (Å²) in [5.74, 6) is -1.56. The second-order valence-electron chi connectivity index (χ2n) is 4.32. The highest BCUT2D eigenvalue weighted by molar-refractivity contribution is 5.90. The largest absolute Gasteiger partial charge is 0.478 e. The lowest BCUT2D eigenvalue weighted by Crippen LogP contribution is -2.39. The molecular formula is C12H19NO5. The van der Waals surface area contributed by atoms with Crippen LogP contribution in [0.1, 0.15) is 6.92 Å². The Hall–Kier alpha value is -1.40. The average Bonchev–Trinajstić information content (AvgIpc) is 2.35. The summed E-state index contributed by atoms with van der Waals surface area (Å²) in [6, 6.07) is 0. The van der Waals surface area contributed by atoms with E-state index >= 15 is 0 Å². The molecule has 0 aromatic rings. The Labute approximate surface area is 106 Å². The summed E-state index contributed by atoms with van der Waals surface area (Å²) in [5, 5.41) is 8.34. The van der Waals surface area contributed by atoms with Gasteiger partial charge in [0.05, 0.1) is 19.8 Å². The standard InChI is InChI=1S/C12H19NO5/c1-10(8-13-4-6-17-7-5-13)9-18-12(16)3-2-11(14)15/h2-3,10H,4-9H2,1H3,(H,14,15)/b3-2+/t10-/m1/s1. The van der Waals surface area contributed by atoms with Gasteiger partial charge >= 0.3 is 11.9 Å². The Morgan fingerprint density at radius 3 is 2.67 bits per heavy atom. The molecule has 1 fully saturated rings. The molecule has 1 saturated heterocycles. The zero-order valence-corrected chi connectivity index (χ0v) is 10.5. The number of morpholine rings is 1. The topological polar surface area (TPSA) is 76.1 Å². The zero-order valence-electron chi connectivity index (χ0n) is 10.5. The molecule has 0 spiro atoms. The maximum Gasteiger partial charge on any atom is 0.331 e. The summed E-state index contributed by atoms with van der Waals surface area (Å²) in [6.45, 7) is 6.42. The zero-order chi connectivity index (χ0) is 13.4. The fraction of sp³-hybridized carbons (Fsp3) is 0.667. The Morgan fingerprint density at radius 1 is 1.39 bits per heavy atom. The quantitative estimate of drug-likeness (QED) is 0.539. The van der Waals surface area contributed by atoms with E-state index in [1.165, 1.54) is 0 Å². The minimum Gasteiger partial charge on any atom is -0.478 e. The molecule has 0 bridgehead atoms. The molecule has 0 aliphatic carbocycles. The third-order valence-corrected chi connectivity index (χ3v) is 2.55. The number of carbonyl (C=O) groups excluding carboxylic acids is 1. The lowest BCUT2D eigenvalue weighted by atomic mass is 10.2. The van der Waals surface area contributed by atoms with Crippen LogP contribution in [0.2, 0.25) is 0 Å². The van der Waals surface area contributed by atoms with Crippen LogP contribution >= 0.6 is 0 Å². The van der Waals surface area contributed by atoms with Gasteiger partial charge in [0.2, 0.25) is 0 Å². The highest BCUT2D eigenvalue weighted by Crippen LogP contribution is 2.04. The summed E-state index contributed by atoms with van der Waals surface area (Å²) in [6.07, 6.45) is 1.69. The number of nitrogens with zero attached hydrogens (tertiary/aromatic N) is 1. The predicted octanol–water partition coefficient (Wildman–Crippen LogP) is 0.139. The molecule has 1 N–H and O–H groups in total. The lowest BCUT2D eigenvalue weighted by molar-refractivity contribution is -0.140. The molecule has 1 heterocycles. The molecular weight excluding hydrogens is 238 g/mol. The van der Waals surface area contributed by atoms with Crippen molar-refractivity contribution in [3.63, 3.8) is 0 Å². The van der Waals surface area contributed by atoms with E-state index in [4.69, 9.17) is 14.6 Å². The molecule has 6 nitrogen and oxygen atoms in total. The lowest BCUT2D eigenvalue weighted by Gasteiger charge is -2.28. The number of aliphatic carboxylic acids is 1. The van der Waals surface area contributed by atoms with Crippen molar-refractivity contribution in [2.45, 2.75) is 6.92 Å². The molecule has 0 unspecified atom stereocenters. The normalized spacial score (nSPS) is 18.7. The maximum absolute atomic E-state index is 11.1. The Balaban J connectivity index is 2.17. The molecule has 1 rings (SSSR count). The van der Waals surface area contributed by atoms with Crippen LogP contribution in [-0.4, -0.2) is 61.4 Å². The first kappa shape index (κ1) is 14.7. The molecule has 0 amide bonds. The fourth-order valence-electron chi connectivity index (χ4n) is 1.69. The molecule has 0 radical (unpaired) electrons. The van der Waals surface area contributed by atoms with Crippen molar-refractivity contribution in [1.82, 2.24) is 4.90 Å². The molecule has 1 aliphatic rings. The summed E-state index contributed by atoms with van der Waals surface area (Å²) in [4.78, 5) is 23.6. The second-order valence-corrected chi connectivity index (χ2v) is 4.32. The van der Waals surface area contributed by atoms with Gasteiger partial charge in [0, 0.05) is 37.7 Å². The van der Waals surface area contributed by atoms with Gasteiger partial charge in [-0.05, 0) is 0 Å². The first-order valence-corrected chi connectivity index (χ1v) is 5.96. The van der Waals surface area contributed by atoms with E-state index in [9.17, 15) is 9.59 Å². The fourth-order valence-corrected chi connectivity index (χ4v) is 1.69. The number of hydrogen-bond acceptors (Lipinski definition) is 5. The number of ether oxygens (including phenoxy) is 2. The Morgan fingerprint density at radius 2 is 2.06 bits per heavy atom. The van der Waals surface area contributed by atoms with Crippen LogP contribution in [0.3, 0.4) is 0 Å². The van der Waals surface area contributed by atoms with Crippen molar-refractivity contribution < 1.29 is 24.2 Å². The smallest absolute Gasteiger partial charge is 0.331 e. The third kappa shape index (κ3) is 6.36. The van der Waals surface area contributed by atoms with Crippen LogP contribution in [0.15, 0.2) is 12.2 Å². The van der Waals surface area contributed by atoms with Crippen LogP contribution in [0.4, 0.5) is 0 Å². The van der Waals surface area contributed by atoms with Crippen LogP contribution < -0.4 is 0 Å². The van der Waals surface area contributed by atoms with Gasteiger partial charge in [-0.3, -0.25) is 4.90 Å². The Bertz CT molecular complexity index is 310. The van der Waals surface area contributed by atoms with Crippen LogP contribution in [0.25, 0.3) is 0 Å². The molecule has 6 heteroatoms. The number of rotatable bonds is 6. The van der Waals surface area contributed by atoms with Crippen molar-refractivity contribution in [2.24, 2.45) is 5.92 Å². The highest BCUT2D eigenvalue weighted by atomic mass is 16.5. The number of carbonyl (C=O) groups is 2. The Kier molecular flexibility index (Phi) is 6.38. The number of esters is 1. The maximum atomic E-state index is 11.1. The van der Waals surface area contributed by atoms with Gasteiger partial charge < -0.3 is 14.6 Å². The number of hydrogen-bond donors (Lipinski definition) is 1. The predicted molar refractivity (Wildman–Crippen MR) is 64.2 cm³/mol. The van der Waals surface area contributed by atoms with Crippen molar-refractivity contribution in [1.29, 1.82) is 0 Å².